The summed E-state index contributed by atoms with van der Waals surface area (Å²) < 4.78 is 0. The zero-order chi connectivity index (χ0) is 20.9. The van der Waals surface area contributed by atoms with Crippen LogP contribution in [0.5, 0.6) is 0 Å². The van der Waals surface area contributed by atoms with E-state index in [-0.39, 0.29) is 23.1 Å². The molecule has 2 aromatic carbocycles. The van der Waals surface area contributed by atoms with Gasteiger partial charge in [-0.1, -0.05) is 50.6 Å². The molecule has 0 bridgehead atoms. The first-order valence-corrected chi connectivity index (χ1v) is 10.3. The maximum atomic E-state index is 13.1. The lowest BCUT2D eigenvalue weighted by atomic mass is 9.85. The first-order chi connectivity index (χ1) is 13.9. The van der Waals surface area contributed by atoms with E-state index >= 15 is 0 Å². The summed E-state index contributed by atoms with van der Waals surface area (Å²) in [5.41, 5.74) is 8.22. The molecule has 1 fully saturated rings. The molecule has 0 radical (unpaired) electrons. The van der Waals surface area contributed by atoms with Crippen LogP contribution in [0, 0.1) is 11.3 Å². The highest BCUT2D eigenvalue weighted by molar-refractivity contribution is 5.94. The Kier molecular flexibility index (Phi) is 6.70. The van der Waals surface area contributed by atoms with E-state index in [2.05, 4.69) is 19.2 Å². The summed E-state index contributed by atoms with van der Waals surface area (Å²) in [5.74, 6) is 0.260. The number of carbonyl (C=O) groups excluding carboxylic acids is 2. The third kappa shape index (κ3) is 5.67. The molecule has 1 saturated carbocycles. The van der Waals surface area contributed by atoms with Crippen LogP contribution >= 0.6 is 0 Å². The van der Waals surface area contributed by atoms with Crippen molar-refractivity contribution in [1.82, 2.24) is 4.90 Å². The van der Waals surface area contributed by atoms with Gasteiger partial charge < -0.3 is 16.0 Å². The zero-order valence-corrected chi connectivity index (χ0v) is 17.4. The molecule has 0 spiro atoms. The SMILES string of the molecule is CC(C)(CN)CN(Cc1ccc(NC(=O)C2CCC2)cc1)C(=O)c1ccccc1. The van der Waals surface area contributed by atoms with Crippen LogP contribution in [0.2, 0.25) is 0 Å². The van der Waals surface area contributed by atoms with Crippen molar-refractivity contribution >= 4 is 17.5 Å². The molecule has 1 aliphatic rings. The Hall–Kier alpha value is -2.66. The van der Waals surface area contributed by atoms with Crippen molar-refractivity contribution in [2.45, 2.75) is 39.7 Å². The van der Waals surface area contributed by atoms with Crippen LogP contribution in [0.15, 0.2) is 54.6 Å². The van der Waals surface area contributed by atoms with E-state index in [9.17, 15) is 9.59 Å². The largest absolute Gasteiger partial charge is 0.334 e. The van der Waals surface area contributed by atoms with Crippen LogP contribution in [0.1, 0.15) is 49.0 Å². The van der Waals surface area contributed by atoms with Crippen molar-refractivity contribution in [1.29, 1.82) is 0 Å². The summed E-state index contributed by atoms with van der Waals surface area (Å²) >= 11 is 0. The minimum Gasteiger partial charge on any atom is -0.334 e. The average Bonchev–Trinajstić information content (AvgIpc) is 2.67. The summed E-state index contributed by atoms with van der Waals surface area (Å²) in [6, 6.07) is 17.1. The predicted octanol–water partition coefficient (Wildman–Crippen LogP) is 4.05. The maximum Gasteiger partial charge on any atom is 0.254 e. The number of hydrogen-bond acceptors (Lipinski definition) is 3. The average molecular weight is 394 g/mol. The van der Waals surface area contributed by atoms with Crippen molar-refractivity contribution in [2.75, 3.05) is 18.4 Å². The van der Waals surface area contributed by atoms with Gasteiger partial charge in [-0.3, -0.25) is 9.59 Å². The highest BCUT2D eigenvalue weighted by Gasteiger charge is 2.26. The Morgan fingerprint density at radius 2 is 1.72 bits per heavy atom. The first kappa shape index (κ1) is 21.1. The van der Waals surface area contributed by atoms with E-state index < -0.39 is 0 Å². The minimum absolute atomic E-state index is 0.00510. The van der Waals surface area contributed by atoms with Gasteiger partial charge in [0.1, 0.15) is 0 Å². The molecule has 0 unspecified atom stereocenters. The Morgan fingerprint density at radius 3 is 2.28 bits per heavy atom. The summed E-state index contributed by atoms with van der Waals surface area (Å²) in [4.78, 5) is 27.1. The smallest absolute Gasteiger partial charge is 0.254 e. The standard InChI is InChI=1S/C24H31N3O2/c1-24(2,16-25)17-27(23(29)20-7-4-3-5-8-20)15-18-11-13-21(14-12-18)26-22(28)19-9-6-10-19/h3-5,7-8,11-14,19H,6,9-10,15-17,25H2,1-2H3,(H,26,28). The van der Waals surface area contributed by atoms with Crippen LogP contribution in [-0.2, 0) is 11.3 Å². The predicted molar refractivity (Wildman–Crippen MR) is 116 cm³/mol. The topological polar surface area (TPSA) is 75.4 Å². The highest BCUT2D eigenvalue weighted by atomic mass is 16.2. The van der Waals surface area contributed by atoms with E-state index in [0.29, 0.717) is 25.2 Å². The molecular formula is C24H31N3O2. The van der Waals surface area contributed by atoms with Gasteiger partial charge in [-0.05, 0) is 54.6 Å². The third-order valence-corrected chi connectivity index (χ3v) is 5.55. The molecular weight excluding hydrogens is 362 g/mol. The van der Waals surface area contributed by atoms with E-state index in [1.807, 2.05) is 59.5 Å². The molecule has 2 aromatic rings. The fourth-order valence-electron chi connectivity index (χ4n) is 3.37. The van der Waals surface area contributed by atoms with Gasteiger partial charge in [0.2, 0.25) is 5.91 Å². The second-order valence-corrected chi connectivity index (χ2v) is 8.71. The fourth-order valence-corrected chi connectivity index (χ4v) is 3.37. The summed E-state index contributed by atoms with van der Waals surface area (Å²) in [6.45, 7) is 5.69. The van der Waals surface area contributed by atoms with Crippen LogP contribution in [0.4, 0.5) is 5.69 Å². The number of carbonyl (C=O) groups is 2. The van der Waals surface area contributed by atoms with Crippen LogP contribution in [-0.4, -0.2) is 29.8 Å². The van der Waals surface area contributed by atoms with Crippen LogP contribution in [0.3, 0.4) is 0 Å². The fraction of sp³-hybridized carbons (Fsp3) is 0.417. The van der Waals surface area contributed by atoms with Gasteiger partial charge in [-0.15, -0.1) is 0 Å². The lowest BCUT2D eigenvalue weighted by Crippen LogP contribution is -2.41. The Bertz CT molecular complexity index is 827. The van der Waals surface area contributed by atoms with Gasteiger partial charge in [-0.25, -0.2) is 0 Å². The Labute approximate surface area is 173 Å². The van der Waals surface area contributed by atoms with Crippen LogP contribution < -0.4 is 11.1 Å². The monoisotopic (exact) mass is 393 g/mol. The number of nitrogens with one attached hydrogen (secondary N) is 1. The molecule has 0 aromatic heterocycles. The molecule has 0 atom stereocenters. The molecule has 1 aliphatic carbocycles. The van der Waals surface area contributed by atoms with Crippen molar-refractivity contribution in [3.63, 3.8) is 0 Å². The molecule has 2 amide bonds. The summed E-state index contributed by atoms with van der Waals surface area (Å²) in [6.07, 6.45) is 3.11. The van der Waals surface area contributed by atoms with Crippen molar-refractivity contribution < 1.29 is 9.59 Å². The lowest BCUT2D eigenvalue weighted by Gasteiger charge is -2.32. The van der Waals surface area contributed by atoms with E-state index in [1.54, 1.807) is 0 Å². The maximum absolute atomic E-state index is 13.1. The van der Waals surface area contributed by atoms with Crippen LogP contribution in [0.25, 0.3) is 0 Å². The van der Waals surface area contributed by atoms with Gasteiger partial charge in [0.15, 0.2) is 0 Å². The molecule has 5 heteroatoms. The minimum atomic E-state index is -0.179. The molecule has 3 rings (SSSR count). The van der Waals surface area contributed by atoms with Gasteiger partial charge in [0.05, 0.1) is 0 Å². The second kappa shape index (κ2) is 9.23. The molecule has 5 nitrogen and oxygen atoms in total. The Balaban J connectivity index is 1.71. The number of anilines is 1. The number of nitrogens with two attached hydrogens (primary N) is 1. The molecule has 3 N–H and O–H groups in total. The van der Waals surface area contributed by atoms with Gasteiger partial charge >= 0.3 is 0 Å². The van der Waals surface area contributed by atoms with Crippen molar-refractivity contribution in [3.05, 3.63) is 65.7 Å². The summed E-state index contributed by atoms with van der Waals surface area (Å²) in [5, 5.41) is 2.98. The highest BCUT2D eigenvalue weighted by Crippen LogP contribution is 2.27. The summed E-state index contributed by atoms with van der Waals surface area (Å²) in [7, 11) is 0. The van der Waals surface area contributed by atoms with E-state index in [1.165, 1.54) is 0 Å². The normalized spacial score (nSPS) is 14.2. The molecule has 29 heavy (non-hydrogen) atoms. The van der Waals surface area contributed by atoms with E-state index in [4.69, 9.17) is 5.73 Å². The van der Waals surface area contributed by atoms with Crippen molar-refractivity contribution in [3.8, 4) is 0 Å². The molecule has 0 heterocycles. The van der Waals surface area contributed by atoms with Gasteiger partial charge in [-0.2, -0.15) is 0 Å². The molecule has 154 valence electrons. The third-order valence-electron chi connectivity index (χ3n) is 5.55. The van der Waals surface area contributed by atoms with Gasteiger partial charge in [0, 0.05) is 30.3 Å². The van der Waals surface area contributed by atoms with Crippen molar-refractivity contribution in [2.24, 2.45) is 17.1 Å². The molecule has 0 saturated heterocycles. The van der Waals surface area contributed by atoms with E-state index in [0.717, 1.165) is 30.5 Å². The lowest BCUT2D eigenvalue weighted by molar-refractivity contribution is -0.122. The number of amides is 2. The Morgan fingerprint density at radius 1 is 1.07 bits per heavy atom. The number of rotatable bonds is 8. The zero-order valence-electron chi connectivity index (χ0n) is 17.4. The second-order valence-electron chi connectivity index (χ2n) is 8.71. The molecule has 0 aliphatic heterocycles. The quantitative estimate of drug-likeness (QED) is 0.710. The number of hydrogen-bond donors (Lipinski definition) is 2. The number of benzene rings is 2. The van der Waals surface area contributed by atoms with Gasteiger partial charge in [0.25, 0.3) is 5.91 Å². The first-order valence-electron chi connectivity index (χ1n) is 10.3. The number of nitrogens with zero attached hydrogens (tertiary/aromatic N) is 1.